The molecule has 1 N–H and O–H groups in total. The molecule has 0 bridgehead atoms. The summed E-state index contributed by atoms with van der Waals surface area (Å²) in [4.78, 5) is 28.3. The van der Waals surface area contributed by atoms with E-state index >= 15 is 0 Å². The number of carbonyl (C=O) groups is 1. The molecule has 7 nitrogen and oxygen atoms in total. The average molecular weight is 362 g/mol. The standard InChI is InChI=1S/C20H22N6O/c1-14-12-23-19(25-10-6-20(7-11-25)5-8-21-18(20)27)24-17(14)15-13-22-16-4-2-3-9-26(15)16/h2-4,9,12-13H,5-8,10-11H2,1H3,(H,21,27). The zero-order chi connectivity index (χ0) is 18.4. The van der Waals surface area contributed by atoms with Crippen molar-refractivity contribution in [2.24, 2.45) is 5.41 Å². The number of hydrogen-bond donors (Lipinski definition) is 1. The first-order valence-corrected chi connectivity index (χ1v) is 9.46. The van der Waals surface area contributed by atoms with Gasteiger partial charge in [-0.25, -0.2) is 15.0 Å². The van der Waals surface area contributed by atoms with E-state index in [0.29, 0.717) is 0 Å². The Balaban J connectivity index is 1.45. The molecule has 1 amide bonds. The Labute approximate surface area is 157 Å². The van der Waals surface area contributed by atoms with Crippen molar-refractivity contribution in [3.8, 4) is 11.4 Å². The number of piperidine rings is 1. The van der Waals surface area contributed by atoms with Gasteiger partial charge in [-0.1, -0.05) is 6.07 Å². The van der Waals surface area contributed by atoms with Crippen LogP contribution in [0, 0.1) is 12.3 Å². The van der Waals surface area contributed by atoms with Crippen LogP contribution in [-0.4, -0.2) is 44.9 Å². The number of nitrogens with zero attached hydrogens (tertiary/aromatic N) is 5. The number of imidazole rings is 1. The minimum absolute atomic E-state index is 0.175. The van der Waals surface area contributed by atoms with Crippen molar-refractivity contribution < 1.29 is 4.79 Å². The molecule has 2 aliphatic rings. The number of anilines is 1. The van der Waals surface area contributed by atoms with Gasteiger partial charge in [0.15, 0.2) is 0 Å². The van der Waals surface area contributed by atoms with Crippen LogP contribution in [0.25, 0.3) is 17.0 Å². The highest BCUT2D eigenvalue weighted by Crippen LogP contribution is 2.38. The van der Waals surface area contributed by atoms with Crippen LogP contribution in [0.4, 0.5) is 5.95 Å². The van der Waals surface area contributed by atoms with E-state index in [4.69, 9.17) is 4.98 Å². The maximum absolute atomic E-state index is 12.2. The fourth-order valence-corrected chi connectivity index (χ4v) is 4.28. The van der Waals surface area contributed by atoms with Crippen molar-refractivity contribution in [3.63, 3.8) is 0 Å². The van der Waals surface area contributed by atoms with Crippen LogP contribution in [0.1, 0.15) is 24.8 Å². The Morgan fingerprint density at radius 2 is 1.96 bits per heavy atom. The zero-order valence-corrected chi connectivity index (χ0v) is 15.4. The molecule has 0 aliphatic carbocycles. The van der Waals surface area contributed by atoms with E-state index in [0.717, 1.165) is 67.4 Å². The topological polar surface area (TPSA) is 75.4 Å². The summed E-state index contributed by atoms with van der Waals surface area (Å²) in [5.74, 6) is 0.952. The van der Waals surface area contributed by atoms with Gasteiger partial charge in [0.05, 0.1) is 23.0 Å². The van der Waals surface area contributed by atoms with E-state index in [1.165, 1.54) is 0 Å². The second-order valence-corrected chi connectivity index (χ2v) is 7.55. The molecule has 138 valence electrons. The van der Waals surface area contributed by atoms with Crippen LogP contribution in [0.5, 0.6) is 0 Å². The molecule has 7 heteroatoms. The first-order chi connectivity index (χ1) is 13.2. The van der Waals surface area contributed by atoms with Crippen LogP contribution in [-0.2, 0) is 4.79 Å². The minimum Gasteiger partial charge on any atom is -0.356 e. The third-order valence-electron chi connectivity index (χ3n) is 5.99. The Kier molecular flexibility index (Phi) is 3.63. The van der Waals surface area contributed by atoms with Gasteiger partial charge in [-0.2, -0.15) is 0 Å². The first-order valence-electron chi connectivity index (χ1n) is 9.46. The Morgan fingerprint density at radius 3 is 2.74 bits per heavy atom. The molecular weight excluding hydrogens is 340 g/mol. The Bertz CT molecular complexity index is 1020. The van der Waals surface area contributed by atoms with Crippen LogP contribution in [0.15, 0.2) is 36.8 Å². The normalized spacial score (nSPS) is 19.0. The van der Waals surface area contributed by atoms with Gasteiger partial charge in [-0.3, -0.25) is 9.20 Å². The smallest absolute Gasteiger partial charge is 0.226 e. The van der Waals surface area contributed by atoms with Gasteiger partial charge in [-0.05, 0) is 43.9 Å². The summed E-state index contributed by atoms with van der Waals surface area (Å²) in [6.07, 6.45) is 8.42. The maximum atomic E-state index is 12.2. The molecule has 5 heterocycles. The van der Waals surface area contributed by atoms with E-state index < -0.39 is 0 Å². The monoisotopic (exact) mass is 362 g/mol. The van der Waals surface area contributed by atoms with Crippen LogP contribution < -0.4 is 10.2 Å². The molecule has 0 aromatic carbocycles. The fraction of sp³-hybridized carbons (Fsp3) is 0.400. The highest BCUT2D eigenvalue weighted by atomic mass is 16.2. The molecule has 2 aliphatic heterocycles. The molecule has 0 unspecified atom stereocenters. The molecule has 2 fully saturated rings. The molecule has 27 heavy (non-hydrogen) atoms. The van der Waals surface area contributed by atoms with Crippen molar-refractivity contribution in [2.75, 3.05) is 24.5 Å². The lowest BCUT2D eigenvalue weighted by molar-refractivity contribution is -0.128. The first kappa shape index (κ1) is 16.2. The van der Waals surface area contributed by atoms with Gasteiger partial charge in [-0.15, -0.1) is 0 Å². The third-order valence-corrected chi connectivity index (χ3v) is 5.99. The van der Waals surface area contributed by atoms with E-state index in [1.807, 2.05) is 48.1 Å². The van der Waals surface area contributed by atoms with Gasteiger partial charge >= 0.3 is 0 Å². The van der Waals surface area contributed by atoms with Gasteiger partial charge in [0.1, 0.15) is 5.65 Å². The highest BCUT2D eigenvalue weighted by Gasteiger charge is 2.44. The molecule has 0 saturated carbocycles. The number of nitrogens with one attached hydrogen (secondary N) is 1. The predicted molar refractivity (Wildman–Crippen MR) is 102 cm³/mol. The predicted octanol–water partition coefficient (Wildman–Crippen LogP) is 2.21. The van der Waals surface area contributed by atoms with Gasteiger partial charge in [0.2, 0.25) is 11.9 Å². The molecular formula is C20H22N6O. The van der Waals surface area contributed by atoms with Crippen molar-refractivity contribution in [2.45, 2.75) is 26.2 Å². The van der Waals surface area contributed by atoms with Gasteiger partial charge in [0.25, 0.3) is 0 Å². The largest absolute Gasteiger partial charge is 0.356 e. The van der Waals surface area contributed by atoms with Crippen molar-refractivity contribution in [1.29, 1.82) is 0 Å². The lowest BCUT2D eigenvalue weighted by Gasteiger charge is -2.37. The van der Waals surface area contributed by atoms with Crippen LogP contribution in [0.2, 0.25) is 0 Å². The highest BCUT2D eigenvalue weighted by molar-refractivity contribution is 5.85. The minimum atomic E-state index is -0.175. The summed E-state index contributed by atoms with van der Waals surface area (Å²) in [5.41, 5.74) is 3.62. The zero-order valence-electron chi connectivity index (χ0n) is 15.4. The summed E-state index contributed by atoms with van der Waals surface area (Å²) in [6, 6.07) is 5.96. The Morgan fingerprint density at radius 1 is 1.11 bits per heavy atom. The number of amides is 1. The summed E-state index contributed by atoms with van der Waals surface area (Å²) < 4.78 is 2.05. The lowest BCUT2D eigenvalue weighted by atomic mass is 9.77. The SMILES string of the molecule is Cc1cnc(N2CCC3(CCNC3=O)CC2)nc1-c1cnc2ccccn12. The summed E-state index contributed by atoms with van der Waals surface area (Å²) >= 11 is 0. The number of rotatable bonds is 2. The second-order valence-electron chi connectivity index (χ2n) is 7.55. The molecule has 2 saturated heterocycles. The third kappa shape index (κ3) is 2.57. The van der Waals surface area contributed by atoms with Crippen molar-refractivity contribution in [1.82, 2.24) is 24.7 Å². The number of fused-ring (bicyclic) bond motifs is 1. The van der Waals surface area contributed by atoms with Gasteiger partial charge in [0, 0.05) is 32.0 Å². The number of aromatic nitrogens is 4. The van der Waals surface area contributed by atoms with Crippen LogP contribution in [0.3, 0.4) is 0 Å². The average Bonchev–Trinajstić information content (AvgIpc) is 3.27. The summed E-state index contributed by atoms with van der Waals surface area (Å²) in [5, 5.41) is 2.99. The lowest BCUT2D eigenvalue weighted by Crippen LogP contribution is -2.44. The molecule has 3 aromatic rings. The summed E-state index contributed by atoms with van der Waals surface area (Å²) in [6.45, 7) is 4.44. The quantitative estimate of drug-likeness (QED) is 0.756. The molecule has 5 rings (SSSR count). The molecule has 0 radical (unpaired) electrons. The van der Waals surface area contributed by atoms with E-state index in [1.54, 1.807) is 0 Å². The second kappa shape index (κ2) is 6.04. The molecule has 1 spiro atoms. The summed E-state index contributed by atoms with van der Waals surface area (Å²) in [7, 11) is 0. The Hall–Kier alpha value is -2.96. The van der Waals surface area contributed by atoms with Gasteiger partial charge < -0.3 is 10.2 Å². The molecule has 3 aromatic heterocycles. The van der Waals surface area contributed by atoms with E-state index in [2.05, 4.69) is 20.2 Å². The maximum Gasteiger partial charge on any atom is 0.226 e. The van der Waals surface area contributed by atoms with E-state index in [-0.39, 0.29) is 11.3 Å². The van der Waals surface area contributed by atoms with Crippen LogP contribution >= 0.6 is 0 Å². The number of aryl methyl sites for hydroxylation is 1. The van der Waals surface area contributed by atoms with E-state index in [9.17, 15) is 4.79 Å². The molecule has 0 atom stereocenters. The van der Waals surface area contributed by atoms with Crippen molar-refractivity contribution >= 4 is 17.5 Å². The number of hydrogen-bond acceptors (Lipinski definition) is 5. The van der Waals surface area contributed by atoms with Crippen molar-refractivity contribution in [3.05, 3.63) is 42.4 Å². The fourth-order valence-electron chi connectivity index (χ4n) is 4.28. The number of pyridine rings is 1. The number of carbonyl (C=O) groups excluding carboxylic acids is 1.